The highest BCUT2D eigenvalue weighted by Gasteiger charge is 2.92. The van der Waals surface area contributed by atoms with E-state index in [0.717, 1.165) is 0 Å². The molecule has 4 bridgehead atoms. The van der Waals surface area contributed by atoms with Gasteiger partial charge < -0.3 is 29.5 Å². The highest BCUT2D eigenvalue weighted by molar-refractivity contribution is 6.02. The number of Topliss-reactive ketones (excluding diaryl/α,β-unsaturated/α-hetero) is 1. The summed E-state index contributed by atoms with van der Waals surface area (Å²) in [6, 6.07) is 0. The van der Waals surface area contributed by atoms with E-state index in [4.69, 9.17) is 14.2 Å². The lowest BCUT2D eigenvalue weighted by molar-refractivity contribution is -0.344. The third kappa shape index (κ3) is 2.15. The topological polar surface area (TPSA) is 157 Å². The molecule has 3 N–H and O–H groups in total. The number of esters is 2. The molecule has 7 rings (SSSR count). The van der Waals surface area contributed by atoms with Gasteiger partial charge in [-0.2, -0.15) is 0 Å². The molecule has 1 saturated carbocycles. The first-order valence-electron chi connectivity index (χ1n) is 13.1. The van der Waals surface area contributed by atoms with Crippen LogP contribution in [0.3, 0.4) is 0 Å². The van der Waals surface area contributed by atoms with Crippen LogP contribution in [0.5, 0.6) is 0 Å². The van der Waals surface area contributed by atoms with Crippen molar-refractivity contribution in [3.05, 3.63) is 36.0 Å². The Balaban J connectivity index is 1.52. The largest absolute Gasteiger partial charge is 0.455 e. The normalized spacial score (nSPS) is 56.2. The number of ether oxygens (including phenoxy) is 3. The molecule has 10 heteroatoms. The number of hydrogen-bond donors (Lipinski definition) is 3. The average molecular weight is 527 g/mol. The van der Waals surface area contributed by atoms with Gasteiger partial charge in [0.25, 0.3) is 0 Å². The molecule has 4 heterocycles. The lowest BCUT2D eigenvalue weighted by Gasteiger charge is -2.60. The molecule has 7 aliphatic rings. The molecule has 0 unspecified atom stereocenters. The van der Waals surface area contributed by atoms with Crippen molar-refractivity contribution in [2.75, 3.05) is 0 Å². The molecule has 5 fully saturated rings. The Morgan fingerprint density at radius 3 is 2.53 bits per heavy atom. The second kappa shape index (κ2) is 6.55. The fraction of sp³-hybridized carbons (Fsp3) is 0.643. The monoisotopic (exact) mass is 526 g/mol. The summed E-state index contributed by atoms with van der Waals surface area (Å²) in [5.41, 5.74) is -8.34. The van der Waals surface area contributed by atoms with Crippen molar-refractivity contribution in [2.24, 2.45) is 28.6 Å². The number of aliphatic hydroxyl groups is 3. The van der Waals surface area contributed by atoms with Crippen LogP contribution in [-0.2, 0) is 33.4 Å². The molecule has 1 spiro atoms. The minimum absolute atomic E-state index is 0.00631. The first-order chi connectivity index (χ1) is 17.6. The van der Waals surface area contributed by atoms with E-state index in [1.807, 2.05) is 0 Å². The van der Waals surface area contributed by atoms with Crippen molar-refractivity contribution in [3.63, 3.8) is 0 Å². The summed E-state index contributed by atoms with van der Waals surface area (Å²) in [6.45, 7) is 8.65. The fourth-order valence-corrected chi connectivity index (χ4v) is 9.26. The number of carbonyl (C=O) groups excluding carboxylic acids is 4. The third-order valence-corrected chi connectivity index (χ3v) is 11.3. The van der Waals surface area contributed by atoms with Crippen LogP contribution in [0, 0.1) is 28.6 Å². The molecule has 0 aromatic heterocycles. The van der Waals surface area contributed by atoms with Gasteiger partial charge in [-0.15, -0.1) is 0 Å². The summed E-state index contributed by atoms with van der Waals surface area (Å²) in [5, 5.41) is 36.0. The van der Waals surface area contributed by atoms with Crippen LogP contribution in [0.1, 0.15) is 46.5 Å². The van der Waals surface area contributed by atoms with Crippen LogP contribution in [0.4, 0.5) is 0 Å². The van der Waals surface area contributed by atoms with Crippen LogP contribution in [-0.4, -0.2) is 73.6 Å². The van der Waals surface area contributed by atoms with E-state index in [2.05, 4.69) is 6.58 Å². The van der Waals surface area contributed by atoms with Crippen LogP contribution in [0.2, 0.25) is 0 Å². The van der Waals surface area contributed by atoms with Crippen molar-refractivity contribution in [1.29, 1.82) is 0 Å². The standard InChI is InChI=1S/C28H30O10/c1-12-21(32)36-17-11-23(12,2)19-20(31)27(35)18-14(24(3)13(10-15(18)29)6-5-7-16(24)30)8-9-26(34)22(33)37-25(17,4)28(19,26)38-27/h5,7,10,14-15,17-19,29,34-35H,1,6,8-9,11H2,2-4H3/t14-,15-,17+,18-,19-,23+,24-,25-,26-,27+,28-/m0/s1. The molecular formula is C28H30O10. The molecule has 202 valence electrons. The minimum atomic E-state index is -2.71. The van der Waals surface area contributed by atoms with Crippen LogP contribution >= 0.6 is 0 Å². The van der Waals surface area contributed by atoms with E-state index >= 15 is 0 Å². The van der Waals surface area contributed by atoms with Crippen molar-refractivity contribution in [2.45, 2.75) is 81.3 Å². The van der Waals surface area contributed by atoms with Crippen LogP contribution in [0.15, 0.2) is 36.0 Å². The van der Waals surface area contributed by atoms with Crippen LogP contribution < -0.4 is 0 Å². The summed E-state index contributed by atoms with van der Waals surface area (Å²) >= 11 is 0. The fourth-order valence-electron chi connectivity index (χ4n) is 9.26. The van der Waals surface area contributed by atoms with Crippen molar-refractivity contribution < 1.29 is 48.7 Å². The van der Waals surface area contributed by atoms with E-state index < -0.39 is 81.1 Å². The van der Waals surface area contributed by atoms with E-state index in [1.54, 1.807) is 19.9 Å². The Hall–Kier alpha value is -2.66. The summed E-state index contributed by atoms with van der Waals surface area (Å²) in [6.07, 6.45) is 2.38. The lowest BCUT2D eigenvalue weighted by Crippen LogP contribution is -2.77. The molecule has 38 heavy (non-hydrogen) atoms. The zero-order valence-corrected chi connectivity index (χ0v) is 21.4. The van der Waals surface area contributed by atoms with Gasteiger partial charge >= 0.3 is 11.9 Å². The van der Waals surface area contributed by atoms with E-state index in [9.17, 15) is 34.5 Å². The lowest BCUT2D eigenvalue weighted by atomic mass is 9.47. The average Bonchev–Trinajstić information content (AvgIpc) is 3.19. The van der Waals surface area contributed by atoms with Gasteiger partial charge in [-0.05, 0) is 51.5 Å². The Kier molecular flexibility index (Phi) is 4.20. The maximum atomic E-state index is 14.6. The Labute approximate surface area is 218 Å². The van der Waals surface area contributed by atoms with Crippen molar-refractivity contribution in [1.82, 2.24) is 0 Å². The van der Waals surface area contributed by atoms with E-state index in [-0.39, 0.29) is 30.6 Å². The van der Waals surface area contributed by atoms with Crippen molar-refractivity contribution in [3.8, 4) is 0 Å². The number of allylic oxidation sites excluding steroid dienone is 3. The molecule has 0 amide bonds. The minimum Gasteiger partial charge on any atom is -0.455 e. The molecule has 0 radical (unpaired) electrons. The quantitative estimate of drug-likeness (QED) is 0.230. The zero-order chi connectivity index (χ0) is 27.4. The van der Waals surface area contributed by atoms with Gasteiger partial charge in [-0.25, -0.2) is 9.59 Å². The smallest absolute Gasteiger partial charge is 0.342 e. The summed E-state index contributed by atoms with van der Waals surface area (Å²) in [7, 11) is 0. The summed E-state index contributed by atoms with van der Waals surface area (Å²) in [4.78, 5) is 54.4. The molecule has 11 atom stereocenters. The molecule has 3 aliphatic carbocycles. The highest BCUT2D eigenvalue weighted by atomic mass is 16.7. The number of hydrogen-bond acceptors (Lipinski definition) is 10. The SMILES string of the molecule is C=C1C(=O)O[C@@H]2C[C@@]1(C)[C@@H]1C(=O)[C@]3(O)O[C@]14[C@@]2(C)OC(=O)[C@@]4(O)CC[C@H]1[C@H]3[C@@H](O)C=C2CC=CC(=O)[C@@]21C. The predicted octanol–water partition coefficient (Wildman–Crippen LogP) is 0.430. The molecule has 0 aromatic carbocycles. The van der Waals surface area contributed by atoms with Gasteiger partial charge in [-0.1, -0.05) is 31.2 Å². The highest BCUT2D eigenvalue weighted by Crippen LogP contribution is 2.73. The maximum Gasteiger partial charge on any atom is 0.342 e. The molecule has 4 aliphatic heterocycles. The van der Waals surface area contributed by atoms with Gasteiger partial charge in [-0.3, -0.25) is 9.59 Å². The number of rotatable bonds is 0. The second-order valence-electron chi connectivity index (χ2n) is 12.7. The van der Waals surface area contributed by atoms with Crippen LogP contribution in [0.25, 0.3) is 0 Å². The molecular weight excluding hydrogens is 496 g/mol. The van der Waals surface area contributed by atoms with E-state index in [0.29, 0.717) is 12.0 Å². The van der Waals surface area contributed by atoms with Crippen molar-refractivity contribution >= 4 is 23.5 Å². The van der Waals surface area contributed by atoms with Gasteiger partial charge in [0.1, 0.15) is 6.10 Å². The van der Waals surface area contributed by atoms with Gasteiger partial charge in [0, 0.05) is 11.0 Å². The molecule has 4 saturated heterocycles. The summed E-state index contributed by atoms with van der Waals surface area (Å²) in [5.74, 6) is -9.26. The first kappa shape index (κ1) is 24.4. The van der Waals surface area contributed by atoms with Gasteiger partial charge in [0.15, 0.2) is 28.4 Å². The Bertz CT molecular complexity index is 1350. The number of ketones is 2. The Morgan fingerprint density at radius 2 is 1.82 bits per heavy atom. The second-order valence-corrected chi connectivity index (χ2v) is 12.7. The Morgan fingerprint density at radius 1 is 1.11 bits per heavy atom. The molecule has 10 nitrogen and oxygen atoms in total. The number of fused-ring (bicyclic) bond motifs is 9. The number of aliphatic hydroxyl groups excluding tert-OH is 1. The third-order valence-electron chi connectivity index (χ3n) is 11.3. The molecule has 0 aromatic rings. The predicted molar refractivity (Wildman–Crippen MR) is 126 cm³/mol. The van der Waals surface area contributed by atoms with E-state index in [1.165, 1.54) is 19.1 Å². The first-order valence-corrected chi connectivity index (χ1v) is 13.1. The maximum absolute atomic E-state index is 14.6. The van der Waals surface area contributed by atoms with Gasteiger partial charge in [0.05, 0.1) is 23.4 Å². The number of carbonyl (C=O) groups is 4. The van der Waals surface area contributed by atoms with Gasteiger partial charge in [0.2, 0.25) is 5.79 Å². The zero-order valence-electron chi connectivity index (χ0n) is 21.4. The summed E-state index contributed by atoms with van der Waals surface area (Å²) < 4.78 is 17.8.